The smallest absolute Gasteiger partial charge is 0.339 e. The molecule has 0 aliphatic carbocycles. The van der Waals surface area contributed by atoms with Crippen molar-refractivity contribution in [2.45, 2.75) is 24.9 Å². The number of aromatic nitrogens is 3. The van der Waals surface area contributed by atoms with E-state index in [-0.39, 0.29) is 34.4 Å². The summed E-state index contributed by atoms with van der Waals surface area (Å²) in [7, 11) is 4.32. The average Bonchev–Trinajstić information content (AvgIpc) is 3.05. The second kappa shape index (κ2) is 9.36. The van der Waals surface area contributed by atoms with Crippen LogP contribution in [0.1, 0.15) is 46.3 Å². The number of nitrogens with one attached hydrogen (secondary N) is 1. The van der Waals surface area contributed by atoms with Gasteiger partial charge in [-0.2, -0.15) is 0 Å². The molecule has 2 rings (SSSR count). The minimum Gasteiger partial charge on any atom is -0.465 e. The minimum atomic E-state index is -0.630. The van der Waals surface area contributed by atoms with Crippen LogP contribution in [0.4, 0.5) is 5.69 Å². The molecular weight excluding hydrogens is 384 g/mol. The third-order valence-electron chi connectivity index (χ3n) is 3.84. The van der Waals surface area contributed by atoms with Crippen LogP contribution in [0.5, 0.6) is 0 Å². The van der Waals surface area contributed by atoms with Crippen molar-refractivity contribution in [1.82, 2.24) is 14.8 Å². The van der Waals surface area contributed by atoms with E-state index < -0.39 is 11.9 Å². The summed E-state index contributed by atoms with van der Waals surface area (Å²) in [6.07, 6.45) is 0. The first-order valence-electron chi connectivity index (χ1n) is 8.41. The number of benzene rings is 1. The van der Waals surface area contributed by atoms with Gasteiger partial charge in [-0.25, -0.2) is 9.59 Å². The van der Waals surface area contributed by atoms with Crippen molar-refractivity contribution in [2.75, 3.05) is 25.3 Å². The Bertz CT molecular complexity index is 894. The molecular formula is C18H22N4O5S. The van der Waals surface area contributed by atoms with Gasteiger partial charge in [0.1, 0.15) is 5.82 Å². The second-order valence-corrected chi connectivity index (χ2v) is 7.08. The molecule has 0 saturated heterocycles. The molecule has 0 fully saturated rings. The van der Waals surface area contributed by atoms with Gasteiger partial charge in [0.2, 0.25) is 5.91 Å². The van der Waals surface area contributed by atoms with Crippen molar-refractivity contribution >= 4 is 35.3 Å². The lowest BCUT2D eigenvalue weighted by molar-refractivity contribution is -0.113. The molecule has 0 spiro atoms. The maximum absolute atomic E-state index is 12.4. The molecule has 0 bridgehead atoms. The van der Waals surface area contributed by atoms with E-state index in [2.05, 4.69) is 20.3 Å². The Morgan fingerprint density at radius 1 is 1.14 bits per heavy atom. The highest BCUT2D eigenvalue weighted by atomic mass is 32.2. The second-order valence-electron chi connectivity index (χ2n) is 6.13. The van der Waals surface area contributed by atoms with Crippen LogP contribution >= 0.6 is 11.8 Å². The van der Waals surface area contributed by atoms with Gasteiger partial charge in [-0.15, -0.1) is 10.2 Å². The summed E-state index contributed by atoms with van der Waals surface area (Å²) < 4.78 is 11.2. The van der Waals surface area contributed by atoms with Gasteiger partial charge in [0.15, 0.2) is 5.16 Å². The fraction of sp³-hybridized carbons (Fsp3) is 0.389. The van der Waals surface area contributed by atoms with Crippen LogP contribution in [0, 0.1) is 0 Å². The Labute approximate surface area is 166 Å². The Morgan fingerprint density at radius 3 is 2.39 bits per heavy atom. The van der Waals surface area contributed by atoms with Crippen molar-refractivity contribution in [1.29, 1.82) is 0 Å². The van der Waals surface area contributed by atoms with E-state index in [9.17, 15) is 14.4 Å². The maximum atomic E-state index is 12.4. The largest absolute Gasteiger partial charge is 0.465 e. The molecule has 150 valence electrons. The van der Waals surface area contributed by atoms with Crippen LogP contribution in [0.25, 0.3) is 0 Å². The van der Waals surface area contributed by atoms with E-state index in [1.807, 2.05) is 25.5 Å². The number of nitrogens with zero attached hydrogens (tertiary/aromatic N) is 3. The van der Waals surface area contributed by atoms with E-state index >= 15 is 0 Å². The summed E-state index contributed by atoms with van der Waals surface area (Å²) in [6.45, 7) is 4.02. The lowest BCUT2D eigenvalue weighted by atomic mass is 10.1. The summed E-state index contributed by atoms with van der Waals surface area (Å²) in [4.78, 5) is 36.1. The van der Waals surface area contributed by atoms with Crippen molar-refractivity contribution < 1.29 is 23.9 Å². The zero-order valence-electron chi connectivity index (χ0n) is 16.3. The number of rotatable bonds is 7. The zero-order valence-corrected chi connectivity index (χ0v) is 17.1. The molecule has 0 aliphatic heterocycles. The number of hydrogen-bond donors (Lipinski definition) is 1. The molecule has 1 aromatic heterocycles. The summed E-state index contributed by atoms with van der Waals surface area (Å²) in [6, 6.07) is 4.20. The van der Waals surface area contributed by atoms with E-state index in [1.54, 1.807) is 0 Å². The lowest BCUT2D eigenvalue weighted by Gasteiger charge is -2.11. The van der Waals surface area contributed by atoms with Crippen LogP contribution in [0.3, 0.4) is 0 Å². The van der Waals surface area contributed by atoms with Crippen molar-refractivity contribution in [2.24, 2.45) is 7.05 Å². The highest BCUT2D eigenvalue weighted by Gasteiger charge is 2.18. The van der Waals surface area contributed by atoms with Gasteiger partial charge in [-0.3, -0.25) is 4.79 Å². The number of methoxy groups -OCH3 is 2. The highest BCUT2D eigenvalue weighted by molar-refractivity contribution is 7.99. The third kappa shape index (κ3) is 4.89. The number of ether oxygens (including phenoxy) is 2. The topological polar surface area (TPSA) is 112 Å². The third-order valence-corrected chi connectivity index (χ3v) is 4.86. The number of amides is 1. The Hall–Kier alpha value is -2.88. The standard InChI is InChI=1S/C18H22N4O5S/c1-10(2)15-20-21-18(22(15)3)28-9-14(23)19-13-8-11(16(24)26-4)6-7-12(13)17(25)27-5/h6-8,10H,9H2,1-5H3,(H,19,23). The fourth-order valence-corrected chi connectivity index (χ4v) is 3.17. The fourth-order valence-electron chi connectivity index (χ4n) is 2.45. The van der Waals surface area contributed by atoms with E-state index in [0.29, 0.717) is 5.16 Å². The molecule has 2 aromatic rings. The number of hydrogen-bond acceptors (Lipinski definition) is 8. The van der Waals surface area contributed by atoms with Crippen LogP contribution < -0.4 is 5.32 Å². The first kappa shape index (κ1) is 21.4. The Morgan fingerprint density at radius 2 is 1.82 bits per heavy atom. The molecule has 0 saturated carbocycles. The van der Waals surface area contributed by atoms with Gasteiger partial charge in [0, 0.05) is 13.0 Å². The highest BCUT2D eigenvalue weighted by Crippen LogP contribution is 2.22. The molecule has 10 heteroatoms. The first-order valence-corrected chi connectivity index (χ1v) is 9.39. The molecule has 0 radical (unpaired) electrons. The van der Waals surface area contributed by atoms with Crippen LogP contribution in [-0.2, 0) is 21.3 Å². The van der Waals surface area contributed by atoms with Crippen molar-refractivity contribution in [3.05, 3.63) is 35.2 Å². The number of carbonyl (C=O) groups excluding carboxylic acids is 3. The van der Waals surface area contributed by atoms with Crippen LogP contribution in [0.2, 0.25) is 0 Å². The Balaban J connectivity index is 2.15. The predicted octanol–water partition coefficient (Wildman–Crippen LogP) is 2.24. The van der Waals surface area contributed by atoms with Gasteiger partial charge >= 0.3 is 11.9 Å². The Kier molecular flexibility index (Phi) is 7.16. The molecule has 0 unspecified atom stereocenters. The minimum absolute atomic E-state index is 0.0487. The average molecular weight is 406 g/mol. The van der Waals surface area contributed by atoms with Crippen molar-refractivity contribution in [3.8, 4) is 0 Å². The number of anilines is 1. The number of carbonyl (C=O) groups is 3. The molecule has 1 aromatic carbocycles. The molecule has 9 nitrogen and oxygen atoms in total. The SMILES string of the molecule is COC(=O)c1ccc(C(=O)OC)c(NC(=O)CSc2nnc(C(C)C)n2C)c1. The molecule has 1 heterocycles. The molecule has 1 amide bonds. The number of thioether (sulfide) groups is 1. The normalized spacial score (nSPS) is 10.6. The van der Waals surface area contributed by atoms with Gasteiger partial charge in [0.25, 0.3) is 0 Å². The monoisotopic (exact) mass is 406 g/mol. The van der Waals surface area contributed by atoms with Gasteiger partial charge < -0.3 is 19.4 Å². The van der Waals surface area contributed by atoms with Crippen molar-refractivity contribution in [3.63, 3.8) is 0 Å². The zero-order chi connectivity index (χ0) is 20.8. The molecule has 0 aliphatic rings. The molecule has 28 heavy (non-hydrogen) atoms. The van der Waals surface area contributed by atoms with E-state index in [0.717, 1.165) is 5.82 Å². The van der Waals surface area contributed by atoms with Gasteiger partial charge in [0.05, 0.1) is 36.8 Å². The predicted molar refractivity (Wildman–Crippen MR) is 104 cm³/mol. The van der Waals surface area contributed by atoms with E-state index in [4.69, 9.17) is 4.74 Å². The summed E-state index contributed by atoms with van der Waals surface area (Å²) in [5.74, 6) is -0.499. The first-order chi connectivity index (χ1) is 13.3. The van der Waals surface area contributed by atoms with Crippen LogP contribution in [0.15, 0.2) is 23.4 Å². The molecule has 1 N–H and O–H groups in total. The van der Waals surface area contributed by atoms with Gasteiger partial charge in [-0.1, -0.05) is 25.6 Å². The van der Waals surface area contributed by atoms with E-state index in [1.165, 1.54) is 44.2 Å². The lowest BCUT2D eigenvalue weighted by Crippen LogP contribution is -2.18. The summed E-state index contributed by atoms with van der Waals surface area (Å²) in [5.41, 5.74) is 0.503. The number of esters is 2. The maximum Gasteiger partial charge on any atom is 0.339 e. The molecule has 0 atom stereocenters. The quantitative estimate of drug-likeness (QED) is 0.550. The summed E-state index contributed by atoms with van der Waals surface area (Å²) >= 11 is 1.22. The van der Waals surface area contributed by atoms with Crippen LogP contribution in [-0.4, -0.2) is 52.6 Å². The summed E-state index contributed by atoms with van der Waals surface area (Å²) in [5, 5.41) is 11.4. The van der Waals surface area contributed by atoms with Gasteiger partial charge in [-0.05, 0) is 18.2 Å².